The first-order chi connectivity index (χ1) is 8.26. The number of aryl methyl sites for hydroxylation is 1. The molecule has 0 amide bonds. The number of hydrogen-bond donors (Lipinski definition) is 1. The summed E-state index contributed by atoms with van der Waals surface area (Å²) in [6.07, 6.45) is 1.65. The molecule has 0 saturated heterocycles. The van der Waals surface area contributed by atoms with Crippen molar-refractivity contribution < 1.29 is 9.26 Å². The summed E-state index contributed by atoms with van der Waals surface area (Å²) < 4.78 is 10.7. The molecule has 0 unspecified atom stereocenters. The predicted molar refractivity (Wildman–Crippen MR) is 65.7 cm³/mol. The third kappa shape index (κ3) is 2.31. The van der Waals surface area contributed by atoms with Crippen LogP contribution in [-0.4, -0.2) is 11.8 Å². The second-order valence-corrected chi connectivity index (χ2v) is 3.80. The molecule has 2 rings (SSSR count). The van der Waals surface area contributed by atoms with Gasteiger partial charge in [0.1, 0.15) is 5.75 Å². The van der Waals surface area contributed by atoms with Crippen molar-refractivity contribution in [2.24, 2.45) is 5.73 Å². The lowest BCUT2D eigenvalue weighted by Gasteiger charge is -2.08. The summed E-state index contributed by atoms with van der Waals surface area (Å²) in [6, 6.07) is 5.92. The Kier molecular flexibility index (Phi) is 3.44. The van der Waals surface area contributed by atoms with Crippen LogP contribution in [-0.2, 0) is 6.54 Å². The second-order valence-electron chi connectivity index (χ2n) is 3.80. The van der Waals surface area contributed by atoms with Gasteiger partial charge in [0.05, 0.1) is 12.8 Å². The van der Waals surface area contributed by atoms with E-state index >= 15 is 0 Å². The molecule has 1 heterocycles. The Labute approximate surface area is 100 Å². The Morgan fingerprint density at radius 2 is 2.24 bits per heavy atom. The van der Waals surface area contributed by atoms with E-state index in [2.05, 4.69) is 5.16 Å². The molecule has 4 heteroatoms. The standard InChI is InChI=1S/C13H16N2O2/c1-3-16-12-5-4-10(6-9(12)2)13-11(7-14)8-15-17-13/h4-6,8H,3,7,14H2,1-2H3. The van der Waals surface area contributed by atoms with Crippen molar-refractivity contribution in [3.8, 4) is 17.1 Å². The minimum absolute atomic E-state index is 0.422. The van der Waals surface area contributed by atoms with E-state index in [0.29, 0.717) is 13.2 Å². The first-order valence-electron chi connectivity index (χ1n) is 5.63. The summed E-state index contributed by atoms with van der Waals surface area (Å²) in [5, 5.41) is 3.77. The number of nitrogens with zero attached hydrogens (tertiary/aromatic N) is 1. The van der Waals surface area contributed by atoms with Crippen LogP contribution in [0, 0.1) is 6.92 Å². The van der Waals surface area contributed by atoms with Crippen molar-refractivity contribution in [1.29, 1.82) is 0 Å². The Balaban J connectivity index is 2.37. The molecule has 1 aromatic carbocycles. The Morgan fingerprint density at radius 3 is 2.88 bits per heavy atom. The highest BCUT2D eigenvalue weighted by molar-refractivity contribution is 5.63. The largest absolute Gasteiger partial charge is 0.494 e. The fourth-order valence-electron chi connectivity index (χ4n) is 1.75. The van der Waals surface area contributed by atoms with Gasteiger partial charge < -0.3 is 15.0 Å². The van der Waals surface area contributed by atoms with Crippen LogP contribution in [0.5, 0.6) is 5.75 Å². The molecule has 2 N–H and O–H groups in total. The Morgan fingerprint density at radius 1 is 1.41 bits per heavy atom. The number of hydrogen-bond acceptors (Lipinski definition) is 4. The van der Waals surface area contributed by atoms with Crippen LogP contribution in [0.3, 0.4) is 0 Å². The van der Waals surface area contributed by atoms with Crippen molar-refractivity contribution in [3.05, 3.63) is 35.5 Å². The summed E-state index contributed by atoms with van der Waals surface area (Å²) in [5.41, 5.74) is 8.58. The lowest BCUT2D eigenvalue weighted by atomic mass is 10.1. The van der Waals surface area contributed by atoms with Gasteiger partial charge in [-0.3, -0.25) is 0 Å². The number of aromatic nitrogens is 1. The van der Waals surface area contributed by atoms with Gasteiger partial charge >= 0.3 is 0 Å². The first-order valence-corrected chi connectivity index (χ1v) is 5.63. The highest BCUT2D eigenvalue weighted by Gasteiger charge is 2.10. The van der Waals surface area contributed by atoms with Gasteiger partial charge in [-0.15, -0.1) is 0 Å². The smallest absolute Gasteiger partial charge is 0.171 e. The summed E-state index contributed by atoms with van der Waals surface area (Å²) in [7, 11) is 0. The average Bonchev–Trinajstić information content (AvgIpc) is 2.80. The molecule has 0 fully saturated rings. The third-order valence-electron chi connectivity index (χ3n) is 2.60. The quantitative estimate of drug-likeness (QED) is 0.879. The average molecular weight is 232 g/mol. The molecule has 0 saturated carbocycles. The van der Waals surface area contributed by atoms with Gasteiger partial charge in [-0.2, -0.15) is 0 Å². The number of benzene rings is 1. The van der Waals surface area contributed by atoms with Gasteiger partial charge in [-0.1, -0.05) is 5.16 Å². The third-order valence-corrected chi connectivity index (χ3v) is 2.60. The lowest BCUT2D eigenvalue weighted by Crippen LogP contribution is -1.97. The molecule has 1 aromatic heterocycles. The highest BCUT2D eigenvalue weighted by Crippen LogP contribution is 2.28. The molecule has 2 aromatic rings. The molecule has 0 spiro atoms. The van der Waals surface area contributed by atoms with Crippen molar-refractivity contribution >= 4 is 0 Å². The van der Waals surface area contributed by atoms with Crippen LogP contribution < -0.4 is 10.5 Å². The Bertz CT molecular complexity index is 506. The van der Waals surface area contributed by atoms with Gasteiger partial charge in [-0.25, -0.2) is 0 Å². The molecule has 90 valence electrons. The molecule has 0 aliphatic heterocycles. The number of rotatable bonds is 4. The Hall–Kier alpha value is -1.81. The molecular weight excluding hydrogens is 216 g/mol. The van der Waals surface area contributed by atoms with Crippen molar-refractivity contribution in [1.82, 2.24) is 5.16 Å². The zero-order chi connectivity index (χ0) is 12.3. The van der Waals surface area contributed by atoms with E-state index in [-0.39, 0.29) is 0 Å². The van der Waals surface area contributed by atoms with Gasteiger partial charge in [-0.05, 0) is 37.6 Å². The number of nitrogens with two attached hydrogens (primary N) is 1. The molecule has 0 aliphatic carbocycles. The summed E-state index contributed by atoms with van der Waals surface area (Å²) >= 11 is 0. The van der Waals surface area contributed by atoms with E-state index in [1.54, 1.807) is 6.20 Å². The van der Waals surface area contributed by atoms with E-state index in [9.17, 15) is 0 Å². The maximum Gasteiger partial charge on any atom is 0.171 e. The van der Waals surface area contributed by atoms with Crippen LogP contribution in [0.25, 0.3) is 11.3 Å². The second kappa shape index (κ2) is 5.01. The van der Waals surface area contributed by atoms with E-state index in [1.807, 2.05) is 32.0 Å². The van der Waals surface area contributed by atoms with Crippen LogP contribution >= 0.6 is 0 Å². The van der Waals surface area contributed by atoms with E-state index < -0.39 is 0 Å². The van der Waals surface area contributed by atoms with Crippen molar-refractivity contribution in [2.75, 3.05) is 6.61 Å². The fourth-order valence-corrected chi connectivity index (χ4v) is 1.75. The monoisotopic (exact) mass is 232 g/mol. The normalized spacial score (nSPS) is 10.5. The molecule has 0 aliphatic rings. The fraction of sp³-hybridized carbons (Fsp3) is 0.308. The lowest BCUT2D eigenvalue weighted by molar-refractivity contribution is 0.338. The van der Waals surface area contributed by atoms with E-state index in [1.165, 1.54) is 0 Å². The maximum atomic E-state index is 5.62. The first kappa shape index (κ1) is 11.7. The highest BCUT2D eigenvalue weighted by atomic mass is 16.5. The van der Waals surface area contributed by atoms with Gasteiger partial charge in [0.15, 0.2) is 5.76 Å². The van der Waals surface area contributed by atoms with Gasteiger partial charge in [0.25, 0.3) is 0 Å². The minimum Gasteiger partial charge on any atom is -0.494 e. The summed E-state index contributed by atoms with van der Waals surface area (Å²) in [6.45, 7) is 5.06. The molecule has 4 nitrogen and oxygen atoms in total. The molecule has 0 bridgehead atoms. The SMILES string of the molecule is CCOc1ccc(-c2oncc2CN)cc1C. The predicted octanol–water partition coefficient (Wildman–Crippen LogP) is 2.51. The van der Waals surface area contributed by atoms with Crippen LogP contribution in [0.1, 0.15) is 18.1 Å². The van der Waals surface area contributed by atoms with Crippen LogP contribution in [0.15, 0.2) is 28.9 Å². The minimum atomic E-state index is 0.422. The molecule has 0 radical (unpaired) electrons. The molecule has 0 atom stereocenters. The molecular formula is C13H16N2O2. The van der Waals surface area contributed by atoms with Gasteiger partial charge in [0.2, 0.25) is 0 Å². The summed E-state index contributed by atoms with van der Waals surface area (Å²) in [4.78, 5) is 0. The van der Waals surface area contributed by atoms with E-state index in [4.69, 9.17) is 15.0 Å². The van der Waals surface area contributed by atoms with Gasteiger partial charge in [0, 0.05) is 17.7 Å². The van der Waals surface area contributed by atoms with Crippen molar-refractivity contribution in [3.63, 3.8) is 0 Å². The zero-order valence-corrected chi connectivity index (χ0v) is 10.1. The van der Waals surface area contributed by atoms with E-state index in [0.717, 1.165) is 28.2 Å². The number of ether oxygens (including phenoxy) is 1. The molecule has 17 heavy (non-hydrogen) atoms. The van der Waals surface area contributed by atoms with Crippen LogP contribution in [0.2, 0.25) is 0 Å². The zero-order valence-electron chi connectivity index (χ0n) is 10.1. The van der Waals surface area contributed by atoms with Crippen LogP contribution in [0.4, 0.5) is 0 Å². The topological polar surface area (TPSA) is 61.3 Å². The summed E-state index contributed by atoms with van der Waals surface area (Å²) in [5.74, 6) is 1.63. The van der Waals surface area contributed by atoms with Crippen molar-refractivity contribution in [2.45, 2.75) is 20.4 Å². The maximum absolute atomic E-state index is 5.62.